The largest absolute Gasteiger partial charge is 0.321 e. The molecular formula is C25H17F2N5OS. The molecule has 0 spiro atoms. The Kier molecular flexibility index (Phi) is 7.10. The molecule has 0 aliphatic rings. The number of anilines is 1. The van der Waals surface area contributed by atoms with Crippen molar-refractivity contribution in [2.45, 2.75) is 10.7 Å². The molecule has 0 bridgehead atoms. The Morgan fingerprint density at radius 2 is 1.85 bits per heavy atom. The first-order valence-corrected chi connectivity index (χ1v) is 10.9. The molecule has 0 radical (unpaired) electrons. The van der Waals surface area contributed by atoms with Crippen LogP contribution in [0.2, 0.25) is 0 Å². The number of thioether (sulfide) groups is 1. The number of para-hydroxylation sites is 1. The first-order valence-electron chi connectivity index (χ1n) is 10.1. The van der Waals surface area contributed by atoms with Gasteiger partial charge in [-0.05, 0) is 54.6 Å². The summed E-state index contributed by atoms with van der Waals surface area (Å²) in [5, 5.41) is 16.9. The third kappa shape index (κ3) is 5.54. The zero-order valence-electron chi connectivity index (χ0n) is 17.6. The Labute approximate surface area is 198 Å². The van der Waals surface area contributed by atoms with Crippen molar-refractivity contribution >= 4 is 29.4 Å². The highest BCUT2D eigenvalue weighted by atomic mass is 32.2. The van der Waals surface area contributed by atoms with Crippen molar-refractivity contribution in [3.05, 3.63) is 96.5 Å². The van der Waals surface area contributed by atoms with Gasteiger partial charge >= 0.3 is 0 Å². The molecule has 0 atom stereocenters. The van der Waals surface area contributed by atoms with Gasteiger partial charge in [0.2, 0.25) is 0 Å². The van der Waals surface area contributed by atoms with Crippen LogP contribution >= 0.6 is 11.8 Å². The van der Waals surface area contributed by atoms with Gasteiger partial charge in [0.05, 0.1) is 5.69 Å². The molecule has 168 valence electrons. The highest BCUT2D eigenvalue weighted by Crippen LogP contribution is 2.27. The summed E-state index contributed by atoms with van der Waals surface area (Å²) in [6.07, 6.45) is 6.50. The highest BCUT2D eigenvalue weighted by molar-refractivity contribution is 7.99. The lowest BCUT2D eigenvalue weighted by Crippen LogP contribution is -2.13. The number of alkyl halides is 2. The summed E-state index contributed by atoms with van der Waals surface area (Å²) < 4.78 is 26.7. The number of halogens is 2. The lowest BCUT2D eigenvalue weighted by molar-refractivity contribution is -0.112. The maximum atomic E-state index is 12.8. The van der Waals surface area contributed by atoms with E-state index >= 15 is 0 Å². The van der Waals surface area contributed by atoms with Crippen LogP contribution in [-0.4, -0.2) is 26.4 Å². The van der Waals surface area contributed by atoms with Crippen molar-refractivity contribution in [1.82, 2.24) is 14.8 Å². The van der Waals surface area contributed by atoms with Crippen LogP contribution in [0, 0.1) is 11.3 Å². The molecule has 2 aromatic carbocycles. The maximum absolute atomic E-state index is 12.8. The quantitative estimate of drug-likeness (QED) is 0.209. The SMILES string of the molecule is N#C/C(=C\c1cn(-c2ccccc2)nc1-c1cccnc1)C(=O)Nc1ccc(SC(F)F)cc1. The third-order valence-corrected chi connectivity index (χ3v) is 5.42. The number of hydrogen-bond acceptors (Lipinski definition) is 5. The molecule has 0 unspecified atom stereocenters. The van der Waals surface area contributed by atoms with Crippen LogP contribution in [0.15, 0.2) is 95.8 Å². The van der Waals surface area contributed by atoms with Gasteiger partial charge in [0.15, 0.2) is 0 Å². The fourth-order valence-electron chi connectivity index (χ4n) is 3.16. The van der Waals surface area contributed by atoms with E-state index in [1.807, 2.05) is 42.5 Å². The van der Waals surface area contributed by atoms with Crippen LogP contribution in [0.3, 0.4) is 0 Å². The standard InChI is InChI=1S/C25H17F2N5OS/c26-25(27)34-22-10-8-20(9-11-22)30-24(33)18(14-28)13-19-16-32(21-6-2-1-3-7-21)31-23(19)17-5-4-12-29-15-17/h1-13,15-16,25H,(H,30,33)/b18-13+. The van der Waals surface area contributed by atoms with Gasteiger partial charge in [-0.25, -0.2) is 4.68 Å². The average Bonchev–Trinajstić information content (AvgIpc) is 3.28. The monoisotopic (exact) mass is 473 g/mol. The number of carbonyl (C=O) groups is 1. The minimum absolute atomic E-state index is 0.135. The van der Waals surface area contributed by atoms with Crippen molar-refractivity contribution in [2.75, 3.05) is 5.32 Å². The fourth-order valence-corrected chi connectivity index (χ4v) is 3.65. The van der Waals surface area contributed by atoms with E-state index < -0.39 is 11.7 Å². The van der Waals surface area contributed by atoms with Crippen LogP contribution in [0.5, 0.6) is 0 Å². The molecule has 34 heavy (non-hydrogen) atoms. The second kappa shape index (κ2) is 10.6. The van der Waals surface area contributed by atoms with E-state index in [1.165, 1.54) is 30.3 Å². The first-order chi connectivity index (χ1) is 16.5. The molecule has 0 aliphatic carbocycles. The van der Waals surface area contributed by atoms with Gasteiger partial charge in [-0.2, -0.15) is 19.1 Å². The molecule has 2 aromatic heterocycles. The zero-order valence-corrected chi connectivity index (χ0v) is 18.4. The summed E-state index contributed by atoms with van der Waals surface area (Å²) in [7, 11) is 0. The first kappa shape index (κ1) is 22.9. The smallest absolute Gasteiger partial charge is 0.288 e. The van der Waals surface area contributed by atoms with Crippen molar-refractivity contribution < 1.29 is 13.6 Å². The number of aromatic nitrogens is 3. The Hall–Kier alpha value is -4.29. The molecule has 0 saturated carbocycles. The number of benzene rings is 2. The Balaban J connectivity index is 1.65. The van der Waals surface area contributed by atoms with E-state index in [0.717, 1.165) is 11.3 Å². The van der Waals surface area contributed by atoms with Gasteiger partial charge in [0.25, 0.3) is 11.7 Å². The van der Waals surface area contributed by atoms with E-state index in [-0.39, 0.29) is 5.57 Å². The summed E-state index contributed by atoms with van der Waals surface area (Å²) in [5.74, 6) is -3.15. The lowest BCUT2D eigenvalue weighted by atomic mass is 10.1. The van der Waals surface area contributed by atoms with Crippen molar-refractivity contribution in [2.24, 2.45) is 0 Å². The predicted molar refractivity (Wildman–Crippen MR) is 127 cm³/mol. The topological polar surface area (TPSA) is 83.6 Å². The second-order valence-electron chi connectivity index (χ2n) is 6.98. The van der Waals surface area contributed by atoms with Crippen molar-refractivity contribution in [1.29, 1.82) is 5.26 Å². The predicted octanol–water partition coefficient (Wildman–Crippen LogP) is 5.79. The van der Waals surface area contributed by atoms with Crippen molar-refractivity contribution in [3.63, 3.8) is 0 Å². The molecule has 0 fully saturated rings. The number of nitrogens with one attached hydrogen (secondary N) is 1. The molecule has 0 aliphatic heterocycles. The minimum atomic E-state index is -2.53. The lowest BCUT2D eigenvalue weighted by Gasteiger charge is -2.06. The summed E-state index contributed by atoms with van der Waals surface area (Å²) in [6.45, 7) is 0. The summed E-state index contributed by atoms with van der Waals surface area (Å²) in [4.78, 5) is 17.3. The van der Waals surface area contributed by atoms with E-state index in [4.69, 9.17) is 0 Å². The number of carbonyl (C=O) groups excluding carboxylic acids is 1. The van der Waals surface area contributed by atoms with Crippen molar-refractivity contribution in [3.8, 4) is 23.0 Å². The van der Waals surface area contributed by atoms with Gasteiger partial charge in [-0.1, -0.05) is 30.0 Å². The molecular weight excluding hydrogens is 456 g/mol. The van der Waals surface area contributed by atoms with E-state index in [1.54, 1.807) is 29.3 Å². The van der Waals surface area contributed by atoms with Crippen LogP contribution in [-0.2, 0) is 4.79 Å². The molecule has 4 aromatic rings. The number of amides is 1. The molecule has 1 amide bonds. The molecule has 0 saturated heterocycles. The minimum Gasteiger partial charge on any atom is -0.321 e. The molecule has 9 heteroatoms. The highest BCUT2D eigenvalue weighted by Gasteiger charge is 2.16. The fraction of sp³-hybridized carbons (Fsp3) is 0.0400. The maximum Gasteiger partial charge on any atom is 0.288 e. The molecule has 1 N–H and O–H groups in total. The van der Waals surface area contributed by atoms with Crippen LogP contribution < -0.4 is 5.32 Å². The number of rotatable bonds is 7. The number of pyridine rings is 1. The summed E-state index contributed by atoms with van der Waals surface area (Å²) in [6, 6.07) is 21.0. The number of hydrogen-bond donors (Lipinski definition) is 1. The van der Waals surface area contributed by atoms with Gasteiger partial charge in [0, 0.05) is 40.3 Å². The average molecular weight is 474 g/mol. The Morgan fingerprint density at radius 1 is 1.09 bits per heavy atom. The molecule has 2 heterocycles. The van der Waals surface area contributed by atoms with Crippen LogP contribution in [0.25, 0.3) is 23.0 Å². The normalized spacial score (nSPS) is 11.3. The third-order valence-electron chi connectivity index (χ3n) is 4.70. The van der Waals surface area contributed by atoms with E-state index in [9.17, 15) is 18.8 Å². The van der Waals surface area contributed by atoms with Gasteiger partial charge in [0.1, 0.15) is 17.3 Å². The Bertz CT molecular complexity index is 1350. The summed E-state index contributed by atoms with van der Waals surface area (Å²) in [5.41, 5.74) is 2.92. The number of nitriles is 1. The second-order valence-corrected chi connectivity index (χ2v) is 8.05. The molecule has 4 rings (SSSR count). The number of nitrogens with zero attached hydrogens (tertiary/aromatic N) is 4. The summed E-state index contributed by atoms with van der Waals surface area (Å²) >= 11 is 0.414. The van der Waals surface area contributed by atoms with Gasteiger partial charge in [-0.3, -0.25) is 9.78 Å². The zero-order chi connectivity index (χ0) is 23.9. The van der Waals surface area contributed by atoms with E-state index in [0.29, 0.717) is 33.6 Å². The molecule has 6 nitrogen and oxygen atoms in total. The van der Waals surface area contributed by atoms with E-state index in [2.05, 4.69) is 15.4 Å². The Morgan fingerprint density at radius 3 is 2.50 bits per heavy atom. The van der Waals surface area contributed by atoms with Gasteiger partial charge in [-0.15, -0.1) is 0 Å². The van der Waals surface area contributed by atoms with Crippen LogP contribution in [0.4, 0.5) is 14.5 Å². The van der Waals surface area contributed by atoms with Crippen LogP contribution in [0.1, 0.15) is 5.56 Å². The van der Waals surface area contributed by atoms with Gasteiger partial charge < -0.3 is 5.32 Å².